The van der Waals surface area contributed by atoms with E-state index in [-0.39, 0.29) is 5.41 Å². The summed E-state index contributed by atoms with van der Waals surface area (Å²) in [6, 6.07) is 15.4. The second-order valence-corrected chi connectivity index (χ2v) is 9.45. The Morgan fingerprint density at radius 2 is 2.21 bits per heavy atom. The normalized spacial score (nSPS) is 24.1. The number of methoxy groups -OCH3 is 1. The number of piperidine rings is 1. The van der Waals surface area contributed by atoms with E-state index in [9.17, 15) is 0 Å². The van der Waals surface area contributed by atoms with Gasteiger partial charge in [0.15, 0.2) is 0 Å². The number of fused-ring (bicyclic) bond motifs is 4. The molecule has 1 aromatic heterocycles. The number of hydrogen-bond donors (Lipinski definition) is 1. The SMILES string of the molecule is C=CCN1CCC2(c3cccc(OC)c3)Cc3[nH]c4ccc(Br)cc4c3CC2C1. The monoisotopic (exact) mass is 450 g/mol. The van der Waals surface area contributed by atoms with Gasteiger partial charge in [0, 0.05) is 39.6 Å². The van der Waals surface area contributed by atoms with Crippen LogP contribution in [-0.4, -0.2) is 36.6 Å². The number of halogens is 1. The van der Waals surface area contributed by atoms with E-state index in [1.165, 1.54) is 27.7 Å². The minimum atomic E-state index is 0.150. The first-order valence-electron chi connectivity index (χ1n) is 10.4. The molecular weight excluding hydrogens is 424 g/mol. The third kappa shape index (κ3) is 3.13. The van der Waals surface area contributed by atoms with Crippen molar-refractivity contribution < 1.29 is 4.74 Å². The lowest BCUT2D eigenvalue weighted by Gasteiger charge is -2.51. The smallest absolute Gasteiger partial charge is 0.119 e. The number of rotatable bonds is 4. The van der Waals surface area contributed by atoms with Gasteiger partial charge in [-0.3, -0.25) is 4.90 Å². The molecule has 1 aliphatic carbocycles. The number of aromatic nitrogens is 1. The second-order valence-electron chi connectivity index (χ2n) is 8.54. The molecule has 4 heteroatoms. The molecule has 0 spiro atoms. The number of benzene rings is 2. The summed E-state index contributed by atoms with van der Waals surface area (Å²) in [6.45, 7) is 7.16. The van der Waals surface area contributed by atoms with Crippen LogP contribution in [0.3, 0.4) is 0 Å². The van der Waals surface area contributed by atoms with Crippen molar-refractivity contribution in [2.75, 3.05) is 26.7 Å². The topological polar surface area (TPSA) is 28.3 Å². The third-order valence-electron chi connectivity index (χ3n) is 7.07. The lowest BCUT2D eigenvalue weighted by atomic mass is 9.58. The van der Waals surface area contributed by atoms with Gasteiger partial charge < -0.3 is 9.72 Å². The van der Waals surface area contributed by atoms with Gasteiger partial charge >= 0.3 is 0 Å². The molecule has 1 saturated heterocycles. The summed E-state index contributed by atoms with van der Waals surface area (Å²) >= 11 is 3.66. The van der Waals surface area contributed by atoms with E-state index in [1.807, 2.05) is 6.08 Å². The molecule has 3 aromatic rings. The number of ether oxygens (including phenoxy) is 1. The Labute approximate surface area is 180 Å². The fourth-order valence-electron chi connectivity index (χ4n) is 5.62. The van der Waals surface area contributed by atoms with Gasteiger partial charge in [0.2, 0.25) is 0 Å². The molecule has 29 heavy (non-hydrogen) atoms. The second kappa shape index (κ2) is 7.33. The fraction of sp³-hybridized carbons (Fsp3) is 0.360. The van der Waals surface area contributed by atoms with Crippen molar-refractivity contribution >= 4 is 26.8 Å². The summed E-state index contributed by atoms with van der Waals surface area (Å²) < 4.78 is 6.72. The van der Waals surface area contributed by atoms with Gasteiger partial charge in [0.1, 0.15) is 5.75 Å². The molecule has 5 rings (SSSR count). The highest BCUT2D eigenvalue weighted by Gasteiger charge is 2.47. The molecule has 2 aromatic carbocycles. The first kappa shape index (κ1) is 19.0. The van der Waals surface area contributed by atoms with E-state index in [0.717, 1.165) is 49.1 Å². The molecule has 1 aliphatic heterocycles. The van der Waals surface area contributed by atoms with Gasteiger partial charge in [-0.05, 0) is 73.2 Å². The van der Waals surface area contributed by atoms with Gasteiger partial charge in [-0.2, -0.15) is 0 Å². The van der Waals surface area contributed by atoms with Gasteiger partial charge in [-0.15, -0.1) is 6.58 Å². The molecule has 0 saturated carbocycles. The average molecular weight is 451 g/mol. The quantitative estimate of drug-likeness (QED) is 0.532. The van der Waals surface area contributed by atoms with Crippen LogP contribution < -0.4 is 4.74 Å². The van der Waals surface area contributed by atoms with Crippen molar-refractivity contribution in [3.8, 4) is 5.75 Å². The molecule has 0 amide bonds. The first-order chi connectivity index (χ1) is 14.1. The van der Waals surface area contributed by atoms with Crippen molar-refractivity contribution in [2.45, 2.75) is 24.7 Å². The van der Waals surface area contributed by atoms with E-state index in [2.05, 4.69) is 74.9 Å². The molecule has 0 bridgehead atoms. The largest absolute Gasteiger partial charge is 0.497 e. The molecule has 150 valence electrons. The van der Waals surface area contributed by atoms with Crippen molar-refractivity contribution in [3.63, 3.8) is 0 Å². The first-order valence-corrected chi connectivity index (χ1v) is 11.2. The van der Waals surface area contributed by atoms with Gasteiger partial charge in [0.25, 0.3) is 0 Å². The van der Waals surface area contributed by atoms with Crippen LogP contribution in [0.2, 0.25) is 0 Å². The van der Waals surface area contributed by atoms with E-state index in [4.69, 9.17) is 4.74 Å². The molecular formula is C25H27BrN2O. The van der Waals surface area contributed by atoms with E-state index < -0.39 is 0 Å². The Morgan fingerprint density at radius 3 is 3.03 bits per heavy atom. The summed E-state index contributed by atoms with van der Waals surface area (Å²) in [5, 5.41) is 1.37. The van der Waals surface area contributed by atoms with Crippen LogP contribution in [0, 0.1) is 5.92 Å². The zero-order chi connectivity index (χ0) is 20.0. The summed E-state index contributed by atoms with van der Waals surface area (Å²) in [4.78, 5) is 6.32. The third-order valence-corrected chi connectivity index (χ3v) is 7.56. The lowest BCUT2D eigenvalue weighted by molar-refractivity contribution is 0.0896. The fourth-order valence-corrected chi connectivity index (χ4v) is 5.98. The van der Waals surface area contributed by atoms with Crippen LogP contribution in [0.1, 0.15) is 23.2 Å². The molecule has 2 heterocycles. The number of nitrogens with one attached hydrogen (secondary N) is 1. The van der Waals surface area contributed by atoms with Crippen LogP contribution in [0.5, 0.6) is 5.75 Å². The average Bonchev–Trinajstić information content (AvgIpc) is 3.08. The van der Waals surface area contributed by atoms with E-state index in [1.54, 1.807) is 7.11 Å². The summed E-state index contributed by atoms with van der Waals surface area (Å²) in [7, 11) is 1.76. The highest BCUT2D eigenvalue weighted by atomic mass is 79.9. The number of likely N-dealkylation sites (tertiary alicyclic amines) is 1. The Kier molecular flexibility index (Phi) is 4.79. The lowest BCUT2D eigenvalue weighted by Crippen LogP contribution is -2.53. The van der Waals surface area contributed by atoms with Crippen LogP contribution in [0.15, 0.2) is 59.6 Å². The van der Waals surface area contributed by atoms with Crippen molar-refractivity contribution in [1.82, 2.24) is 9.88 Å². The predicted octanol–water partition coefficient (Wildman–Crippen LogP) is 5.48. The highest BCUT2D eigenvalue weighted by Crippen LogP contribution is 2.49. The summed E-state index contributed by atoms with van der Waals surface area (Å²) in [5.74, 6) is 1.53. The number of aromatic amines is 1. The molecule has 1 N–H and O–H groups in total. The maximum absolute atomic E-state index is 5.58. The standard InChI is InChI=1S/C25H27BrN2O/c1-3-10-28-11-9-25(17-5-4-6-20(12-17)29-2)15-24-21(13-18(25)16-28)22-14-19(26)7-8-23(22)27-24/h3-8,12,14,18,27H,1,9-11,13,15-16H2,2H3. The van der Waals surface area contributed by atoms with Crippen molar-refractivity contribution in [3.05, 3.63) is 76.4 Å². The Hall–Kier alpha value is -2.04. The maximum Gasteiger partial charge on any atom is 0.119 e. The van der Waals surface area contributed by atoms with E-state index >= 15 is 0 Å². The van der Waals surface area contributed by atoms with Crippen LogP contribution >= 0.6 is 15.9 Å². The van der Waals surface area contributed by atoms with Gasteiger partial charge in [-0.25, -0.2) is 0 Å². The van der Waals surface area contributed by atoms with Crippen LogP contribution in [0.25, 0.3) is 10.9 Å². The number of H-pyrrole nitrogens is 1. The van der Waals surface area contributed by atoms with Crippen molar-refractivity contribution in [2.24, 2.45) is 5.92 Å². The molecule has 0 radical (unpaired) electrons. The maximum atomic E-state index is 5.58. The zero-order valence-electron chi connectivity index (χ0n) is 16.9. The highest BCUT2D eigenvalue weighted by molar-refractivity contribution is 9.10. The van der Waals surface area contributed by atoms with E-state index in [0.29, 0.717) is 5.92 Å². The minimum Gasteiger partial charge on any atom is -0.497 e. The van der Waals surface area contributed by atoms with Crippen molar-refractivity contribution in [1.29, 1.82) is 0 Å². The molecule has 2 aliphatic rings. The molecule has 2 unspecified atom stereocenters. The number of hydrogen-bond acceptors (Lipinski definition) is 2. The molecule has 2 atom stereocenters. The van der Waals surface area contributed by atoms with Crippen LogP contribution in [0.4, 0.5) is 0 Å². The molecule has 1 fully saturated rings. The summed E-state index contributed by atoms with van der Waals surface area (Å²) in [6.07, 6.45) is 5.37. The minimum absolute atomic E-state index is 0.150. The Morgan fingerprint density at radius 1 is 1.31 bits per heavy atom. The summed E-state index contributed by atoms with van der Waals surface area (Å²) in [5.41, 5.74) is 5.74. The number of nitrogens with zero attached hydrogens (tertiary/aromatic N) is 1. The van der Waals surface area contributed by atoms with Gasteiger partial charge in [0.05, 0.1) is 7.11 Å². The Balaban J connectivity index is 1.63. The van der Waals surface area contributed by atoms with Gasteiger partial charge in [-0.1, -0.05) is 34.1 Å². The zero-order valence-corrected chi connectivity index (χ0v) is 18.5. The predicted molar refractivity (Wildman–Crippen MR) is 123 cm³/mol. The van der Waals surface area contributed by atoms with Crippen LogP contribution in [-0.2, 0) is 18.3 Å². The Bertz CT molecular complexity index is 1070. The molecule has 3 nitrogen and oxygen atoms in total.